The van der Waals surface area contributed by atoms with Crippen LogP contribution in [0.3, 0.4) is 0 Å². The fourth-order valence-corrected chi connectivity index (χ4v) is 2.54. The quantitative estimate of drug-likeness (QED) is 0.695. The van der Waals surface area contributed by atoms with Crippen molar-refractivity contribution in [2.45, 2.75) is 30.5 Å². The van der Waals surface area contributed by atoms with Gasteiger partial charge in [0.25, 0.3) is 0 Å². The Morgan fingerprint density at radius 2 is 1.89 bits per heavy atom. The van der Waals surface area contributed by atoms with E-state index in [2.05, 4.69) is 20.3 Å². The van der Waals surface area contributed by atoms with Gasteiger partial charge >= 0.3 is 12.2 Å². The van der Waals surface area contributed by atoms with Gasteiger partial charge in [-0.1, -0.05) is 6.07 Å². The smallest absolute Gasteiger partial charge is 0.433 e. The number of anilines is 1. The van der Waals surface area contributed by atoms with Gasteiger partial charge in [-0.15, -0.1) is 0 Å². The van der Waals surface area contributed by atoms with Crippen LogP contribution in [0.1, 0.15) is 5.69 Å². The van der Waals surface area contributed by atoms with Crippen LogP contribution in [0.4, 0.5) is 19.0 Å². The van der Waals surface area contributed by atoms with Crippen LogP contribution >= 0.6 is 0 Å². The number of aliphatic hydroxyl groups excluding tert-OH is 2. The predicted octanol–water partition coefficient (Wildman–Crippen LogP) is 0.871. The van der Waals surface area contributed by atoms with Crippen LogP contribution in [0.25, 0.3) is 0 Å². The van der Waals surface area contributed by atoms with Gasteiger partial charge < -0.3 is 25.0 Å². The van der Waals surface area contributed by atoms with Crippen molar-refractivity contribution < 1.29 is 32.9 Å². The molecule has 0 radical (unpaired) electrons. The molecule has 4 atom stereocenters. The second-order valence-corrected chi connectivity index (χ2v) is 5.85. The van der Waals surface area contributed by atoms with Crippen molar-refractivity contribution in [1.82, 2.24) is 15.0 Å². The van der Waals surface area contributed by atoms with Crippen molar-refractivity contribution in [3.8, 4) is 6.01 Å². The number of nitrogens with zero attached hydrogens (tertiary/aromatic N) is 3. The number of pyridine rings is 1. The zero-order chi connectivity index (χ0) is 19.4. The molecule has 0 amide bonds. The van der Waals surface area contributed by atoms with E-state index in [1.165, 1.54) is 24.5 Å². The van der Waals surface area contributed by atoms with Gasteiger partial charge in [0.05, 0.1) is 12.6 Å². The average Bonchev–Trinajstić information content (AvgIpc) is 2.65. The van der Waals surface area contributed by atoms with Crippen molar-refractivity contribution in [1.29, 1.82) is 0 Å². The van der Waals surface area contributed by atoms with Crippen molar-refractivity contribution in [2.24, 2.45) is 0 Å². The minimum atomic E-state index is -4.58. The van der Waals surface area contributed by atoms with Gasteiger partial charge in [0, 0.05) is 12.4 Å². The van der Waals surface area contributed by atoms with Crippen LogP contribution in [-0.2, 0) is 10.9 Å². The molecule has 0 bridgehead atoms. The van der Waals surface area contributed by atoms with E-state index in [4.69, 9.17) is 9.47 Å². The van der Waals surface area contributed by atoms with Crippen LogP contribution in [0.5, 0.6) is 6.01 Å². The van der Waals surface area contributed by atoms with Gasteiger partial charge in [0.15, 0.2) is 0 Å². The maximum Gasteiger partial charge on any atom is 0.433 e. The number of ether oxygens (including phenoxy) is 2. The molecule has 146 valence electrons. The first-order chi connectivity index (χ1) is 12.8. The van der Waals surface area contributed by atoms with E-state index in [0.29, 0.717) is 0 Å². The summed E-state index contributed by atoms with van der Waals surface area (Å²) < 4.78 is 49.0. The van der Waals surface area contributed by atoms with Gasteiger partial charge in [0.2, 0.25) is 0 Å². The molecule has 0 saturated carbocycles. The standard InChI is InChI=1S/C16H17F3N4O4/c17-16(18,19)11-3-1-4-12(23-11)22-9-7-26-10(14(25)13(9)24)8-27-15-20-5-2-6-21-15/h1-6,9-10,13-14,24-25H,7-8H2,(H,22,23)/t9-,10+,13+,14-/m0/s1. The lowest BCUT2D eigenvalue weighted by Gasteiger charge is -2.37. The van der Waals surface area contributed by atoms with Crippen molar-refractivity contribution >= 4 is 5.82 Å². The lowest BCUT2D eigenvalue weighted by molar-refractivity contribution is -0.150. The summed E-state index contributed by atoms with van der Waals surface area (Å²) >= 11 is 0. The second-order valence-electron chi connectivity index (χ2n) is 5.85. The van der Waals surface area contributed by atoms with Crippen LogP contribution < -0.4 is 10.1 Å². The van der Waals surface area contributed by atoms with Gasteiger partial charge in [-0.05, 0) is 18.2 Å². The highest BCUT2D eigenvalue weighted by molar-refractivity contribution is 5.37. The molecule has 1 fully saturated rings. The number of halogens is 3. The van der Waals surface area contributed by atoms with Crippen LogP contribution in [-0.4, -0.2) is 62.7 Å². The molecule has 1 saturated heterocycles. The molecule has 8 nitrogen and oxygen atoms in total. The molecule has 1 aliphatic rings. The third-order valence-electron chi connectivity index (χ3n) is 3.92. The summed E-state index contributed by atoms with van der Waals surface area (Å²) in [6.07, 6.45) is -5.10. The highest BCUT2D eigenvalue weighted by Crippen LogP contribution is 2.28. The maximum absolute atomic E-state index is 12.7. The third-order valence-corrected chi connectivity index (χ3v) is 3.92. The largest absolute Gasteiger partial charge is 0.461 e. The first kappa shape index (κ1) is 19.3. The molecule has 0 aliphatic carbocycles. The van der Waals surface area contributed by atoms with Crippen molar-refractivity contribution in [2.75, 3.05) is 18.5 Å². The Morgan fingerprint density at radius 1 is 1.15 bits per heavy atom. The molecule has 2 aromatic heterocycles. The second kappa shape index (κ2) is 8.03. The van der Waals surface area contributed by atoms with Gasteiger partial charge in [-0.25, -0.2) is 15.0 Å². The van der Waals surface area contributed by atoms with Crippen molar-refractivity contribution in [3.63, 3.8) is 0 Å². The summed E-state index contributed by atoms with van der Waals surface area (Å²) in [4.78, 5) is 11.2. The van der Waals surface area contributed by atoms with Gasteiger partial charge in [-0.2, -0.15) is 13.2 Å². The molecule has 3 N–H and O–H groups in total. The fraction of sp³-hybridized carbons (Fsp3) is 0.438. The van der Waals surface area contributed by atoms with E-state index in [9.17, 15) is 23.4 Å². The number of nitrogens with one attached hydrogen (secondary N) is 1. The SMILES string of the molecule is O[C@@H]1[C@H](O)[C@@H](Nc2cccc(C(F)(F)F)n2)CO[C@@H]1COc1ncccn1. The lowest BCUT2D eigenvalue weighted by atomic mass is 9.98. The minimum Gasteiger partial charge on any atom is -0.461 e. The normalized spacial score (nSPS) is 25.8. The molecular formula is C16H17F3N4O4. The Balaban J connectivity index is 1.59. The van der Waals surface area contributed by atoms with E-state index in [-0.39, 0.29) is 25.0 Å². The van der Waals surface area contributed by atoms with Crippen molar-refractivity contribution in [3.05, 3.63) is 42.4 Å². The lowest BCUT2D eigenvalue weighted by Crippen LogP contribution is -2.57. The number of rotatable bonds is 5. The molecule has 2 aromatic rings. The first-order valence-corrected chi connectivity index (χ1v) is 8.03. The van der Waals surface area contributed by atoms with E-state index in [0.717, 1.165) is 6.07 Å². The minimum absolute atomic E-state index is 0.0696. The summed E-state index contributed by atoms with van der Waals surface area (Å²) in [5, 5.41) is 23.1. The number of aromatic nitrogens is 3. The van der Waals surface area contributed by atoms with Gasteiger partial charge in [-0.3, -0.25) is 0 Å². The summed E-state index contributed by atoms with van der Waals surface area (Å²) in [5.74, 6) is -0.0861. The highest BCUT2D eigenvalue weighted by atomic mass is 19.4. The Morgan fingerprint density at radius 3 is 2.59 bits per heavy atom. The van der Waals surface area contributed by atoms with E-state index in [1.54, 1.807) is 6.07 Å². The predicted molar refractivity (Wildman–Crippen MR) is 85.9 cm³/mol. The molecule has 3 rings (SSSR count). The van der Waals surface area contributed by atoms with E-state index >= 15 is 0 Å². The number of hydrogen-bond acceptors (Lipinski definition) is 8. The van der Waals surface area contributed by atoms with E-state index < -0.39 is 36.2 Å². The third kappa shape index (κ3) is 4.81. The molecule has 0 spiro atoms. The molecule has 0 unspecified atom stereocenters. The highest BCUT2D eigenvalue weighted by Gasteiger charge is 2.39. The van der Waals surface area contributed by atoms with Crippen LogP contribution in [0.15, 0.2) is 36.7 Å². The first-order valence-electron chi connectivity index (χ1n) is 8.03. The molecule has 0 aromatic carbocycles. The number of alkyl halides is 3. The monoisotopic (exact) mass is 386 g/mol. The van der Waals surface area contributed by atoms with E-state index in [1.807, 2.05) is 0 Å². The number of hydrogen-bond donors (Lipinski definition) is 3. The molecular weight excluding hydrogens is 369 g/mol. The maximum atomic E-state index is 12.7. The molecule has 11 heteroatoms. The zero-order valence-electron chi connectivity index (χ0n) is 13.9. The topological polar surface area (TPSA) is 110 Å². The van der Waals surface area contributed by atoms with Gasteiger partial charge in [0.1, 0.15) is 36.4 Å². The Hall–Kier alpha value is -2.50. The Labute approximate surface area is 152 Å². The van der Waals surface area contributed by atoms with Crippen LogP contribution in [0, 0.1) is 0 Å². The summed E-state index contributed by atoms with van der Waals surface area (Å²) in [5.41, 5.74) is -1.06. The zero-order valence-corrected chi connectivity index (χ0v) is 13.9. The Bertz CT molecular complexity index is 750. The molecule has 27 heavy (non-hydrogen) atoms. The average molecular weight is 386 g/mol. The molecule has 3 heterocycles. The number of aliphatic hydroxyl groups is 2. The summed E-state index contributed by atoms with van der Waals surface area (Å²) in [7, 11) is 0. The Kier molecular flexibility index (Phi) is 5.73. The molecule has 1 aliphatic heterocycles. The fourth-order valence-electron chi connectivity index (χ4n) is 2.54. The summed E-state index contributed by atoms with van der Waals surface area (Å²) in [6.45, 7) is -0.170. The summed E-state index contributed by atoms with van der Waals surface area (Å²) in [6, 6.07) is 4.22. The van der Waals surface area contributed by atoms with Crippen LogP contribution in [0.2, 0.25) is 0 Å².